The summed E-state index contributed by atoms with van der Waals surface area (Å²) in [5, 5.41) is 3.36. The van der Waals surface area contributed by atoms with E-state index >= 15 is 0 Å². The van der Waals surface area contributed by atoms with Crippen LogP contribution < -0.4 is 5.32 Å². The smallest absolute Gasteiger partial charge is 0.252 e. The number of nitrogens with one attached hydrogen (secondary N) is 1. The van der Waals surface area contributed by atoms with Gasteiger partial charge >= 0.3 is 0 Å². The van der Waals surface area contributed by atoms with Crippen LogP contribution in [0.3, 0.4) is 0 Å². The van der Waals surface area contributed by atoms with Crippen molar-refractivity contribution in [2.45, 2.75) is 49.8 Å². The third-order valence-corrected chi connectivity index (χ3v) is 8.32. The van der Waals surface area contributed by atoms with E-state index < -0.39 is 10.0 Å². The van der Waals surface area contributed by atoms with E-state index in [9.17, 15) is 8.42 Å². The van der Waals surface area contributed by atoms with E-state index in [0.29, 0.717) is 10.8 Å². The fourth-order valence-corrected chi connectivity index (χ4v) is 6.66. The number of nitrogens with zero attached hydrogens (tertiary/aromatic N) is 1. The van der Waals surface area contributed by atoms with Crippen molar-refractivity contribution in [2.75, 3.05) is 19.6 Å². The van der Waals surface area contributed by atoms with Gasteiger partial charge in [-0.1, -0.05) is 13.3 Å². The van der Waals surface area contributed by atoms with Crippen LogP contribution in [0.15, 0.2) is 14.1 Å². The van der Waals surface area contributed by atoms with Crippen molar-refractivity contribution < 1.29 is 8.42 Å². The molecule has 1 aromatic heterocycles. The van der Waals surface area contributed by atoms with Gasteiger partial charge in [-0.15, -0.1) is 11.3 Å². The Morgan fingerprint density at radius 1 is 1.48 bits per heavy atom. The third kappa shape index (κ3) is 4.07. The highest BCUT2D eigenvalue weighted by Crippen LogP contribution is 2.34. The molecule has 1 aliphatic heterocycles. The molecule has 1 unspecified atom stereocenters. The highest BCUT2D eigenvalue weighted by atomic mass is 79.9. The molecule has 0 aliphatic carbocycles. The topological polar surface area (TPSA) is 49.4 Å². The van der Waals surface area contributed by atoms with E-state index in [1.54, 1.807) is 10.4 Å². The molecule has 1 atom stereocenters. The predicted octanol–water partition coefficient (Wildman–Crippen LogP) is 3.36. The van der Waals surface area contributed by atoms with Crippen LogP contribution in [-0.2, 0) is 10.0 Å². The van der Waals surface area contributed by atoms with Crippen LogP contribution in [0.4, 0.5) is 0 Å². The second kappa shape index (κ2) is 7.55. The standard InChI is InChI=1S/C14H23BrN2O2S2/c1-3-7-16-10-12-6-4-5-8-17(12)21(18,19)13-9-11(2)14(15)20-13/h9,12,16H,3-8,10H2,1-2H3. The Hall–Kier alpha value is 0.0500. The minimum Gasteiger partial charge on any atom is -0.315 e. The number of rotatable bonds is 6. The van der Waals surface area contributed by atoms with Gasteiger partial charge in [-0.2, -0.15) is 4.31 Å². The summed E-state index contributed by atoms with van der Waals surface area (Å²) in [7, 11) is -3.37. The first-order valence-corrected chi connectivity index (χ1v) is 10.5. The van der Waals surface area contributed by atoms with Crippen LogP contribution in [0, 0.1) is 6.92 Å². The molecule has 1 aromatic rings. The summed E-state index contributed by atoms with van der Waals surface area (Å²) < 4.78 is 28.8. The zero-order valence-electron chi connectivity index (χ0n) is 12.6. The second-order valence-corrected chi connectivity index (χ2v) is 9.98. The van der Waals surface area contributed by atoms with Crippen LogP contribution in [-0.4, -0.2) is 38.4 Å². The Balaban J connectivity index is 2.19. The lowest BCUT2D eigenvalue weighted by molar-refractivity contribution is 0.246. The summed E-state index contributed by atoms with van der Waals surface area (Å²) in [5.41, 5.74) is 0.983. The molecule has 4 nitrogen and oxygen atoms in total. The molecule has 2 rings (SSSR count). The average Bonchev–Trinajstić information content (AvgIpc) is 2.80. The van der Waals surface area contributed by atoms with Gasteiger partial charge in [0.05, 0.1) is 3.79 Å². The Kier molecular flexibility index (Phi) is 6.25. The van der Waals surface area contributed by atoms with E-state index in [0.717, 1.165) is 48.1 Å². The Labute approximate surface area is 140 Å². The van der Waals surface area contributed by atoms with Crippen molar-refractivity contribution in [2.24, 2.45) is 0 Å². The Morgan fingerprint density at radius 2 is 2.24 bits per heavy atom. The number of piperidine rings is 1. The number of hydrogen-bond donors (Lipinski definition) is 1. The minimum atomic E-state index is -3.37. The van der Waals surface area contributed by atoms with Gasteiger partial charge in [0, 0.05) is 19.1 Å². The predicted molar refractivity (Wildman–Crippen MR) is 91.4 cm³/mol. The quantitative estimate of drug-likeness (QED) is 0.752. The lowest BCUT2D eigenvalue weighted by Crippen LogP contribution is -2.48. The lowest BCUT2D eigenvalue weighted by atomic mass is 10.1. The first-order chi connectivity index (χ1) is 9.96. The summed E-state index contributed by atoms with van der Waals surface area (Å²) in [6, 6.07) is 1.85. The van der Waals surface area contributed by atoms with Gasteiger partial charge in [0.2, 0.25) is 0 Å². The van der Waals surface area contributed by atoms with Gasteiger partial charge in [-0.3, -0.25) is 0 Å². The molecular weight excluding hydrogens is 372 g/mol. The van der Waals surface area contributed by atoms with Crippen LogP contribution in [0.1, 0.15) is 38.2 Å². The molecule has 1 fully saturated rings. The van der Waals surface area contributed by atoms with Gasteiger partial charge in [0.1, 0.15) is 4.21 Å². The maximum absolute atomic E-state index is 12.9. The Morgan fingerprint density at radius 3 is 2.86 bits per heavy atom. The molecule has 0 saturated carbocycles. The van der Waals surface area contributed by atoms with Crippen molar-refractivity contribution in [1.82, 2.24) is 9.62 Å². The molecule has 2 heterocycles. The van der Waals surface area contributed by atoms with E-state index in [1.165, 1.54) is 11.3 Å². The number of halogens is 1. The van der Waals surface area contributed by atoms with Crippen LogP contribution >= 0.6 is 27.3 Å². The van der Waals surface area contributed by atoms with Crippen LogP contribution in [0.5, 0.6) is 0 Å². The summed E-state index contributed by atoms with van der Waals surface area (Å²) in [4.78, 5) is 0. The summed E-state index contributed by atoms with van der Waals surface area (Å²) in [6.45, 7) is 6.37. The van der Waals surface area contributed by atoms with Crippen molar-refractivity contribution in [3.8, 4) is 0 Å². The van der Waals surface area contributed by atoms with Gasteiger partial charge in [0.15, 0.2) is 0 Å². The highest BCUT2D eigenvalue weighted by molar-refractivity contribution is 9.11. The molecule has 7 heteroatoms. The SMILES string of the molecule is CCCNCC1CCCCN1S(=O)(=O)c1cc(C)c(Br)s1. The normalized spacial score (nSPS) is 20.8. The monoisotopic (exact) mass is 394 g/mol. The highest BCUT2D eigenvalue weighted by Gasteiger charge is 2.34. The first kappa shape index (κ1) is 17.4. The summed E-state index contributed by atoms with van der Waals surface area (Å²) >= 11 is 4.73. The van der Waals surface area contributed by atoms with E-state index in [2.05, 4.69) is 28.2 Å². The van der Waals surface area contributed by atoms with Crippen molar-refractivity contribution in [3.63, 3.8) is 0 Å². The van der Waals surface area contributed by atoms with Gasteiger partial charge < -0.3 is 5.32 Å². The van der Waals surface area contributed by atoms with Gasteiger partial charge in [-0.05, 0) is 60.3 Å². The van der Waals surface area contributed by atoms with Gasteiger partial charge in [-0.25, -0.2) is 8.42 Å². The molecule has 0 amide bonds. The number of hydrogen-bond acceptors (Lipinski definition) is 4. The molecule has 1 aliphatic rings. The van der Waals surface area contributed by atoms with Crippen LogP contribution in [0.2, 0.25) is 0 Å². The fraction of sp³-hybridized carbons (Fsp3) is 0.714. The van der Waals surface area contributed by atoms with Crippen LogP contribution in [0.25, 0.3) is 0 Å². The molecular formula is C14H23BrN2O2S2. The minimum absolute atomic E-state index is 0.0801. The summed E-state index contributed by atoms with van der Waals surface area (Å²) in [5.74, 6) is 0. The summed E-state index contributed by atoms with van der Waals surface area (Å²) in [6.07, 6.45) is 4.07. The first-order valence-electron chi connectivity index (χ1n) is 7.45. The average molecular weight is 395 g/mol. The molecule has 0 bridgehead atoms. The van der Waals surface area contributed by atoms with Crippen molar-refractivity contribution in [3.05, 3.63) is 15.4 Å². The molecule has 120 valence electrons. The second-order valence-electron chi connectivity index (χ2n) is 5.49. The molecule has 1 saturated heterocycles. The molecule has 0 radical (unpaired) electrons. The largest absolute Gasteiger partial charge is 0.315 e. The molecule has 0 aromatic carbocycles. The fourth-order valence-electron chi connectivity index (χ4n) is 2.61. The van der Waals surface area contributed by atoms with Crippen molar-refractivity contribution in [1.29, 1.82) is 0 Å². The van der Waals surface area contributed by atoms with Crippen molar-refractivity contribution >= 4 is 37.3 Å². The number of thiophene rings is 1. The van der Waals surface area contributed by atoms with E-state index in [-0.39, 0.29) is 6.04 Å². The molecule has 21 heavy (non-hydrogen) atoms. The lowest BCUT2D eigenvalue weighted by Gasteiger charge is -2.34. The maximum Gasteiger partial charge on any atom is 0.252 e. The third-order valence-electron chi connectivity index (χ3n) is 3.78. The molecule has 1 N–H and O–H groups in total. The van der Waals surface area contributed by atoms with E-state index in [4.69, 9.17) is 0 Å². The zero-order chi connectivity index (χ0) is 15.5. The Bertz CT molecular complexity index is 552. The maximum atomic E-state index is 12.9. The van der Waals surface area contributed by atoms with Gasteiger partial charge in [0.25, 0.3) is 10.0 Å². The van der Waals surface area contributed by atoms with E-state index in [1.807, 2.05) is 6.92 Å². The number of aryl methyl sites for hydroxylation is 1. The number of sulfonamides is 1. The molecule has 0 spiro atoms. The zero-order valence-corrected chi connectivity index (χ0v) is 15.8.